The first kappa shape index (κ1) is 97.4. The van der Waals surface area contributed by atoms with Crippen molar-refractivity contribution in [3.05, 3.63) is 142 Å². The standard InChI is InChI=1S/C29H44FN3O5SSi.C28H41FN6O5S.C22H28FN3O6S/c1-19(2)26-24(16-11-20(3)17-23(18-25(34)35)38-40(9,10)29(4,5)6)27(21-12-14-22(30)15-13-21)32-28(31-26)33(7)39(8,36)37;1-18(2)26-23(14-13-21(36)16-22(37)17-25(38)32-15-7-5-6-8-24(30)31)27(19-9-11-20(29)12-10-19)34-28(33-26)35(3)41(4,39)40;1-13(2)20-18(10-9-16(27)11-17(28)12-19(29)30)21(14-5-7-15(23)8-6-14)25-22(24-20)26(3)33(4,31)32/h11-16,19-20,23H,17-18H2,1-10H3,(H,34,35);9-14,18,21-22,36-37H,5-8,15-17H2,1-4H3,(H3,30,31)(H,32,38);5-10,13,16-17,27-28H,11-12H2,1-4H3,(H,29,30)/b16-11+;14-13+;10-9+/t20-,23+;21-,22+;16-,17+/m000/s1. The number of carboxylic acid groups (broad SMARTS) is 2. The summed E-state index contributed by atoms with van der Waals surface area (Å²) in [5.41, 5.74) is 11.4. The number of carboxylic acids is 2. The van der Waals surface area contributed by atoms with Gasteiger partial charge in [-0.15, -0.1) is 0 Å². The van der Waals surface area contributed by atoms with Gasteiger partial charge >= 0.3 is 11.9 Å². The molecule has 6 aromatic rings. The first-order chi connectivity index (χ1) is 52.7. The van der Waals surface area contributed by atoms with E-state index >= 15 is 0 Å². The zero-order valence-electron chi connectivity index (χ0n) is 68.1. The van der Waals surface area contributed by atoms with Gasteiger partial charge in [-0.25, -0.2) is 81.2 Å². The maximum absolute atomic E-state index is 13.7. The van der Waals surface area contributed by atoms with Crippen molar-refractivity contribution >= 4 is 98.1 Å². The molecule has 28 nitrogen and oxygen atoms in total. The van der Waals surface area contributed by atoms with Gasteiger partial charge in [0.25, 0.3) is 0 Å². The van der Waals surface area contributed by atoms with Crippen LogP contribution in [-0.4, -0.2) is 195 Å². The summed E-state index contributed by atoms with van der Waals surface area (Å²) < 4.78 is 123. The highest BCUT2D eigenvalue weighted by molar-refractivity contribution is 7.92. The third-order valence-corrected chi connectivity index (χ3v) is 26.4. The summed E-state index contributed by atoms with van der Waals surface area (Å²) in [7, 11) is -9.07. The van der Waals surface area contributed by atoms with Crippen LogP contribution in [0.4, 0.5) is 31.0 Å². The average Bonchev–Trinajstić information content (AvgIpc) is 0.789. The zero-order chi connectivity index (χ0) is 86.3. The first-order valence-electron chi connectivity index (χ1n) is 37.0. The maximum Gasteiger partial charge on any atom is 0.305 e. The van der Waals surface area contributed by atoms with E-state index in [4.69, 9.17) is 20.7 Å². The molecule has 10 N–H and O–H groups in total. The number of halogens is 3. The van der Waals surface area contributed by atoms with Gasteiger partial charge in [-0.1, -0.05) is 112 Å². The number of rotatable bonds is 38. The molecule has 0 spiro atoms. The highest BCUT2D eigenvalue weighted by Gasteiger charge is 2.40. The van der Waals surface area contributed by atoms with Crippen molar-refractivity contribution in [3.8, 4) is 33.8 Å². The maximum atomic E-state index is 13.7. The first-order valence-corrected chi connectivity index (χ1v) is 45.5. The number of amidine groups is 1. The van der Waals surface area contributed by atoms with Crippen molar-refractivity contribution in [1.82, 2.24) is 35.2 Å². The second-order valence-corrected chi connectivity index (χ2v) is 41.3. The quantitative estimate of drug-likeness (QED) is 0.00752. The fourth-order valence-electron chi connectivity index (χ4n) is 10.9. The number of aliphatic hydroxyl groups is 4. The van der Waals surface area contributed by atoms with E-state index in [9.17, 15) is 78.3 Å². The molecule has 0 fully saturated rings. The summed E-state index contributed by atoms with van der Waals surface area (Å²) in [5, 5.41) is 69.1. The number of nitrogens with zero attached hydrogens (tertiary/aromatic N) is 9. The molecule has 0 unspecified atom stereocenters. The van der Waals surface area contributed by atoms with Crippen LogP contribution in [0.25, 0.3) is 52.0 Å². The average molecular weight is 1670 g/mol. The van der Waals surface area contributed by atoms with Gasteiger partial charge < -0.3 is 46.1 Å². The number of anilines is 3. The van der Waals surface area contributed by atoms with Gasteiger partial charge in [0.2, 0.25) is 53.8 Å². The number of aromatic nitrogens is 6. The lowest BCUT2D eigenvalue weighted by atomic mass is 9.95. The zero-order valence-corrected chi connectivity index (χ0v) is 71.5. The molecule has 3 heterocycles. The minimum absolute atomic E-state index is 0.0278. The Labute approximate surface area is 669 Å². The number of carbonyl (C=O) groups excluding carboxylic acids is 1. The molecule has 0 aliphatic heterocycles. The Morgan fingerprint density at radius 1 is 0.526 bits per heavy atom. The number of benzene rings is 3. The predicted molar refractivity (Wildman–Crippen MR) is 443 cm³/mol. The van der Waals surface area contributed by atoms with E-state index in [0.29, 0.717) is 86.9 Å². The van der Waals surface area contributed by atoms with Gasteiger partial charge in [0.15, 0.2) is 8.32 Å². The van der Waals surface area contributed by atoms with Crippen LogP contribution in [0.2, 0.25) is 18.1 Å². The number of nitrogens with two attached hydrogens (primary N) is 1. The number of hydrogen-bond donors (Lipinski definition) is 9. The smallest absolute Gasteiger partial charge is 0.305 e. The molecule has 0 saturated heterocycles. The van der Waals surface area contributed by atoms with Gasteiger partial charge in [0.1, 0.15) is 17.5 Å². The number of aliphatic hydroxyl groups excluding tert-OH is 4. The van der Waals surface area contributed by atoms with E-state index in [1.54, 1.807) is 18.2 Å². The number of allylic oxidation sites excluding steroid dienone is 1. The van der Waals surface area contributed by atoms with Crippen molar-refractivity contribution in [1.29, 1.82) is 5.41 Å². The van der Waals surface area contributed by atoms with Crippen LogP contribution in [0.5, 0.6) is 0 Å². The van der Waals surface area contributed by atoms with Crippen LogP contribution < -0.4 is 24.0 Å². The van der Waals surface area contributed by atoms with Crippen LogP contribution in [0.1, 0.15) is 185 Å². The van der Waals surface area contributed by atoms with Crippen LogP contribution in [0.3, 0.4) is 0 Å². The molecule has 628 valence electrons. The Kier molecular flexibility index (Phi) is 36.9. The lowest BCUT2D eigenvalue weighted by Crippen LogP contribution is -2.44. The number of aliphatic carboxylic acids is 2. The second-order valence-electron chi connectivity index (χ2n) is 30.5. The van der Waals surface area contributed by atoms with Crippen molar-refractivity contribution in [2.24, 2.45) is 11.7 Å². The van der Waals surface area contributed by atoms with E-state index in [-0.39, 0.29) is 84.0 Å². The number of unbranched alkanes of at least 4 members (excludes halogenated alkanes) is 2. The molecular weight excluding hydrogens is 1550 g/mol. The predicted octanol–water partition coefficient (Wildman–Crippen LogP) is 12.0. The van der Waals surface area contributed by atoms with Gasteiger partial charge in [0, 0.05) is 80.3 Å². The van der Waals surface area contributed by atoms with Crippen LogP contribution >= 0.6 is 0 Å². The van der Waals surface area contributed by atoms with Gasteiger partial charge in [-0.05, 0) is 134 Å². The number of carbonyl (C=O) groups is 3. The lowest BCUT2D eigenvalue weighted by Gasteiger charge is -2.39. The Morgan fingerprint density at radius 2 is 0.851 bits per heavy atom. The second kappa shape index (κ2) is 43.1. The van der Waals surface area contributed by atoms with Crippen molar-refractivity contribution < 1.29 is 87.9 Å². The van der Waals surface area contributed by atoms with Crippen LogP contribution in [0.15, 0.2) is 91.0 Å². The lowest BCUT2D eigenvalue weighted by molar-refractivity contribution is -0.140. The topological polar surface area (TPSA) is 433 Å². The minimum Gasteiger partial charge on any atom is -0.481 e. The van der Waals surface area contributed by atoms with E-state index < -0.39 is 105 Å². The third kappa shape index (κ3) is 31.3. The van der Waals surface area contributed by atoms with Crippen molar-refractivity contribution in [3.63, 3.8) is 0 Å². The monoisotopic (exact) mass is 1670 g/mol. The fraction of sp³-hybridized carbons (Fsp3) is 0.494. The van der Waals surface area contributed by atoms with Crippen molar-refractivity contribution in [2.75, 3.05) is 59.4 Å². The summed E-state index contributed by atoms with van der Waals surface area (Å²) in [6.45, 7) is 24.4. The van der Waals surface area contributed by atoms with Gasteiger partial charge in [-0.2, -0.15) is 0 Å². The fourth-order valence-corrected chi connectivity index (χ4v) is 13.4. The molecule has 0 bridgehead atoms. The summed E-state index contributed by atoms with van der Waals surface area (Å²) >= 11 is 0. The number of hydrogen-bond acceptors (Lipinski definition) is 21. The highest BCUT2D eigenvalue weighted by atomic mass is 32.2. The highest BCUT2D eigenvalue weighted by Crippen LogP contribution is 2.40. The Bertz CT molecular complexity index is 4690. The summed E-state index contributed by atoms with van der Waals surface area (Å²) in [6.07, 6.45) is 10.3. The Balaban J connectivity index is 0.000000363. The Morgan fingerprint density at radius 3 is 1.15 bits per heavy atom. The normalized spacial score (nSPS) is 13.9. The molecule has 0 aliphatic rings. The molecular formula is C79H113F3N12O16S3Si. The number of sulfonamides is 3. The largest absolute Gasteiger partial charge is 0.481 e. The van der Waals surface area contributed by atoms with E-state index in [1.165, 1.54) is 100 Å². The molecule has 6 rings (SSSR count). The molecule has 3 aromatic heterocycles. The van der Waals surface area contributed by atoms with Crippen LogP contribution in [0, 0.1) is 28.8 Å². The SMILES string of the molecule is CC(C)c1nc(N(C)S(C)(=O)=O)nc(-c2ccc(F)cc2)c1/C=C/[C@H](C)C[C@H](CC(=O)O)O[Si](C)(C)C(C)(C)C.CC(C)c1nc(N(C)S(C)(=O)=O)nc(-c2ccc(F)cc2)c1/C=C/[C@H](O)C[C@@H](O)CC(=O)NCCCCCC(=N)N.CC(C)c1nc(N(C)S(C)(=O)=O)nc(-c2ccc(F)cc2)c1/C=C/[C@H](O)C[C@@H](O)CC(=O)O. The molecule has 35 heteroatoms. The number of nitrogens with one attached hydrogen (secondary N) is 2. The molecule has 1 amide bonds. The Hall–Kier alpha value is -8.94. The molecule has 0 radical (unpaired) electrons. The van der Waals surface area contributed by atoms with Crippen LogP contribution in [-0.2, 0) is 48.9 Å². The van der Waals surface area contributed by atoms with Gasteiger partial charge in [0.05, 0.1) is 109 Å². The summed E-state index contributed by atoms with van der Waals surface area (Å²) in [6, 6.07) is 16.9. The summed E-state index contributed by atoms with van der Waals surface area (Å²) in [4.78, 5) is 61.5. The van der Waals surface area contributed by atoms with E-state index in [1.807, 2.05) is 60.6 Å². The minimum atomic E-state index is -3.66. The van der Waals surface area contributed by atoms with E-state index in [2.05, 4.69) is 69.1 Å². The van der Waals surface area contributed by atoms with E-state index in [0.717, 1.165) is 50.9 Å². The summed E-state index contributed by atoms with van der Waals surface area (Å²) in [5.74, 6) is -4.12. The molecule has 114 heavy (non-hydrogen) atoms. The van der Waals surface area contributed by atoms with Gasteiger partial charge in [-0.3, -0.25) is 19.8 Å². The number of amides is 1. The van der Waals surface area contributed by atoms with Crippen molar-refractivity contribution in [2.45, 2.75) is 200 Å². The molecule has 6 atom stereocenters. The molecule has 0 saturated carbocycles. The molecule has 3 aromatic carbocycles. The third-order valence-electron chi connectivity index (χ3n) is 18.4. The molecule has 0 aliphatic carbocycles.